The predicted octanol–water partition coefficient (Wildman–Crippen LogP) is 4.86. The smallest absolute Gasteiger partial charge is 0.360 e. The van der Waals surface area contributed by atoms with Crippen LogP contribution < -0.4 is 10.9 Å². The zero-order valence-electron chi connectivity index (χ0n) is 12.3. The summed E-state index contributed by atoms with van der Waals surface area (Å²) in [5.74, 6) is -0.424. The lowest BCUT2D eigenvalue weighted by molar-refractivity contribution is -0.111. The monoisotopic (exact) mass is 403 g/mol. The summed E-state index contributed by atoms with van der Waals surface area (Å²) < 4.78 is 6.05. The normalized spacial score (nSPS) is 11.1. The molecule has 3 aromatic rings. The molecule has 120 valence electrons. The number of amides is 1. The van der Waals surface area contributed by atoms with E-state index in [2.05, 4.69) is 21.2 Å². The van der Waals surface area contributed by atoms with Crippen molar-refractivity contribution in [3.8, 4) is 0 Å². The van der Waals surface area contributed by atoms with E-state index in [1.807, 2.05) is 0 Å². The van der Waals surface area contributed by atoms with Crippen LogP contribution in [0.2, 0.25) is 5.02 Å². The van der Waals surface area contributed by atoms with Gasteiger partial charge in [-0.05, 0) is 48.0 Å². The van der Waals surface area contributed by atoms with E-state index in [0.717, 1.165) is 10.0 Å². The fourth-order valence-corrected chi connectivity index (χ4v) is 2.61. The standard InChI is InChI=1S/C18H11BrClNO3/c19-13-4-7-16-12(9-13)10-15(18(23)24-16)21-17(22)8-3-11-1-5-14(20)6-2-11/h1-10H,(H,21,22). The molecule has 6 heteroatoms. The third-order valence-electron chi connectivity index (χ3n) is 3.25. The largest absolute Gasteiger partial charge is 0.421 e. The van der Waals surface area contributed by atoms with E-state index in [1.165, 1.54) is 6.08 Å². The maximum atomic E-state index is 12.0. The van der Waals surface area contributed by atoms with E-state index in [4.69, 9.17) is 16.0 Å². The van der Waals surface area contributed by atoms with Crippen LogP contribution in [0, 0.1) is 0 Å². The minimum Gasteiger partial charge on any atom is -0.421 e. The van der Waals surface area contributed by atoms with E-state index >= 15 is 0 Å². The highest BCUT2D eigenvalue weighted by Gasteiger charge is 2.07. The summed E-state index contributed by atoms with van der Waals surface area (Å²) in [5.41, 5.74) is 0.770. The summed E-state index contributed by atoms with van der Waals surface area (Å²) >= 11 is 9.16. The molecule has 0 saturated heterocycles. The first-order valence-corrected chi connectivity index (χ1v) is 8.16. The molecule has 0 aliphatic heterocycles. The number of hydrogen-bond donors (Lipinski definition) is 1. The van der Waals surface area contributed by atoms with Crippen molar-refractivity contribution in [1.82, 2.24) is 0 Å². The molecule has 4 nitrogen and oxygen atoms in total. The first kappa shape index (κ1) is 16.5. The molecule has 3 rings (SSSR count). The van der Waals surface area contributed by atoms with Crippen molar-refractivity contribution < 1.29 is 9.21 Å². The summed E-state index contributed by atoms with van der Waals surface area (Å²) in [4.78, 5) is 23.9. The fraction of sp³-hybridized carbons (Fsp3) is 0. The SMILES string of the molecule is O=C(C=Cc1ccc(Cl)cc1)Nc1cc2cc(Br)ccc2oc1=O. The minimum atomic E-state index is -0.599. The lowest BCUT2D eigenvalue weighted by atomic mass is 10.2. The average Bonchev–Trinajstić information content (AvgIpc) is 2.55. The highest BCUT2D eigenvalue weighted by atomic mass is 79.9. The molecule has 1 amide bonds. The van der Waals surface area contributed by atoms with Crippen molar-refractivity contribution in [2.24, 2.45) is 0 Å². The van der Waals surface area contributed by atoms with Crippen molar-refractivity contribution in [2.45, 2.75) is 0 Å². The van der Waals surface area contributed by atoms with Crippen LogP contribution >= 0.6 is 27.5 Å². The topological polar surface area (TPSA) is 59.3 Å². The summed E-state index contributed by atoms with van der Waals surface area (Å²) in [6.45, 7) is 0. The van der Waals surface area contributed by atoms with Gasteiger partial charge in [-0.15, -0.1) is 0 Å². The molecule has 1 heterocycles. The molecule has 0 aliphatic rings. The van der Waals surface area contributed by atoms with Crippen LogP contribution in [-0.2, 0) is 4.79 Å². The number of benzene rings is 2. The van der Waals surface area contributed by atoms with Crippen molar-refractivity contribution >= 4 is 56.2 Å². The number of rotatable bonds is 3. The third-order valence-corrected chi connectivity index (χ3v) is 3.99. The highest BCUT2D eigenvalue weighted by Crippen LogP contribution is 2.20. The molecule has 24 heavy (non-hydrogen) atoms. The molecular formula is C18H11BrClNO3. The van der Waals surface area contributed by atoms with E-state index < -0.39 is 11.5 Å². The molecule has 1 aromatic heterocycles. The van der Waals surface area contributed by atoms with Gasteiger partial charge >= 0.3 is 5.63 Å². The Morgan fingerprint density at radius 2 is 1.88 bits per heavy atom. The second-order valence-corrected chi connectivity index (χ2v) is 6.36. The third kappa shape index (κ3) is 3.93. The highest BCUT2D eigenvalue weighted by molar-refractivity contribution is 9.10. The van der Waals surface area contributed by atoms with E-state index in [0.29, 0.717) is 16.0 Å². The van der Waals surface area contributed by atoms with Crippen LogP contribution in [0.25, 0.3) is 17.0 Å². The molecule has 0 aliphatic carbocycles. The Hall–Kier alpha value is -2.37. The lowest BCUT2D eigenvalue weighted by Crippen LogP contribution is -2.15. The Labute approximate surface area is 150 Å². The maximum absolute atomic E-state index is 12.0. The fourth-order valence-electron chi connectivity index (χ4n) is 2.10. The Kier molecular flexibility index (Phi) is 4.83. The minimum absolute atomic E-state index is 0.0892. The number of carbonyl (C=O) groups excluding carboxylic acids is 1. The zero-order chi connectivity index (χ0) is 17.1. The van der Waals surface area contributed by atoms with Gasteiger partial charge in [-0.25, -0.2) is 4.79 Å². The molecule has 0 radical (unpaired) electrons. The summed E-state index contributed by atoms with van der Waals surface area (Å²) in [6, 6.07) is 13.9. The van der Waals surface area contributed by atoms with Crippen LogP contribution in [0.1, 0.15) is 5.56 Å². The van der Waals surface area contributed by atoms with Gasteiger partial charge in [-0.2, -0.15) is 0 Å². The lowest BCUT2D eigenvalue weighted by Gasteiger charge is -2.03. The Morgan fingerprint density at radius 3 is 2.62 bits per heavy atom. The van der Waals surface area contributed by atoms with Gasteiger partial charge in [0.15, 0.2) is 0 Å². The van der Waals surface area contributed by atoms with Crippen molar-refractivity contribution in [2.75, 3.05) is 5.32 Å². The maximum Gasteiger partial charge on any atom is 0.360 e. The van der Waals surface area contributed by atoms with Crippen molar-refractivity contribution in [3.63, 3.8) is 0 Å². The predicted molar refractivity (Wildman–Crippen MR) is 99.3 cm³/mol. The zero-order valence-corrected chi connectivity index (χ0v) is 14.6. The molecule has 0 atom stereocenters. The van der Waals surface area contributed by atoms with E-state index in [9.17, 15) is 9.59 Å². The van der Waals surface area contributed by atoms with E-state index in [1.54, 1.807) is 54.6 Å². The van der Waals surface area contributed by atoms with Gasteiger partial charge in [0.1, 0.15) is 11.3 Å². The Morgan fingerprint density at radius 1 is 1.12 bits per heavy atom. The number of nitrogens with one attached hydrogen (secondary N) is 1. The summed E-state index contributed by atoms with van der Waals surface area (Å²) in [6.07, 6.45) is 2.97. The van der Waals surface area contributed by atoms with Gasteiger partial charge in [0.2, 0.25) is 5.91 Å². The number of anilines is 1. The van der Waals surface area contributed by atoms with Crippen LogP contribution in [0.3, 0.4) is 0 Å². The molecular weight excluding hydrogens is 394 g/mol. The average molecular weight is 405 g/mol. The van der Waals surface area contributed by atoms with Gasteiger partial charge < -0.3 is 9.73 Å². The summed E-state index contributed by atoms with van der Waals surface area (Å²) in [5, 5.41) is 3.86. The number of halogens is 2. The van der Waals surface area contributed by atoms with Crippen LogP contribution in [0.15, 0.2) is 68.3 Å². The van der Waals surface area contributed by atoms with E-state index in [-0.39, 0.29) is 5.69 Å². The molecule has 1 N–H and O–H groups in total. The van der Waals surface area contributed by atoms with Gasteiger partial charge in [0.05, 0.1) is 0 Å². The molecule has 0 fully saturated rings. The van der Waals surface area contributed by atoms with Crippen LogP contribution in [0.4, 0.5) is 5.69 Å². The molecule has 0 unspecified atom stereocenters. The van der Waals surface area contributed by atoms with Gasteiger partial charge in [0.25, 0.3) is 0 Å². The van der Waals surface area contributed by atoms with Gasteiger partial charge in [0, 0.05) is 21.0 Å². The first-order chi connectivity index (χ1) is 11.5. The molecule has 2 aromatic carbocycles. The second-order valence-electron chi connectivity index (χ2n) is 5.00. The van der Waals surface area contributed by atoms with Crippen molar-refractivity contribution in [3.05, 3.63) is 80.1 Å². The quantitative estimate of drug-likeness (QED) is 0.501. The van der Waals surface area contributed by atoms with Gasteiger partial charge in [-0.1, -0.05) is 39.7 Å². The molecule has 0 bridgehead atoms. The number of hydrogen-bond acceptors (Lipinski definition) is 3. The second kappa shape index (κ2) is 7.03. The Balaban J connectivity index is 1.81. The van der Waals surface area contributed by atoms with Crippen LogP contribution in [-0.4, -0.2) is 5.91 Å². The number of carbonyl (C=O) groups is 1. The molecule has 0 saturated carbocycles. The van der Waals surface area contributed by atoms with Crippen LogP contribution in [0.5, 0.6) is 0 Å². The number of fused-ring (bicyclic) bond motifs is 1. The summed E-state index contributed by atoms with van der Waals surface area (Å²) in [7, 11) is 0. The van der Waals surface area contributed by atoms with Gasteiger partial charge in [-0.3, -0.25) is 4.79 Å². The van der Waals surface area contributed by atoms with Crippen molar-refractivity contribution in [1.29, 1.82) is 0 Å². The Bertz CT molecular complexity index is 993. The first-order valence-electron chi connectivity index (χ1n) is 6.99. The molecule has 0 spiro atoms.